The first-order valence-electron chi connectivity index (χ1n) is 9.78. The van der Waals surface area contributed by atoms with Crippen molar-refractivity contribution in [2.75, 3.05) is 17.6 Å². The molecule has 3 atom stereocenters. The van der Waals surface area contributed by atoms with Crippen LogP contribution in [0.1, 0.15) is 25.7 Å². The highest BCUT2D eigenvalue weighted by molar-refractivity contribution is 8.00. The molecule has 2 aromatic heterocycles. The number of methoxy groups -OCH3 is 1. The topological polar surface area (TPSA) is 65.5 Å². The predicted octanol–water partition coefficient (Wildman–Crippen LogP) is 5.00. The SMILES string of the molecule is COc1ncc(-c2nc(OC3C[C@H]4CC[C@@H](C3)O4)ccc2F)cc1NSCC(F)(F)F. The minimum atomic E-state index is -4.33. The summed E-state index contributed by atoms with van der Waals surface area (Å²) in [6.45, 7) is 0. The average molecular weight is 459 g/mol. The number of anilines is 1. The van der Waals surface area contributed by atoms with Gasteiger partial charge in [-0.15, -0.1) is 0 Å². The van der Waals surface area contributed by atoms with Gasteiger partial charge in [-0.05, 0) is 36.9 Å². The Morgan fingerprint density at radius 2 is 1.97 bits per heavy atom. The molecule has 2 aliphatic rings. The Morgan fingerprint density at radius 1 is 1.23 bits per heavy atom. The molecule has 2 saturated heterocycles. The van der Waals surface area contributed by atoms with Gasteiger partial charge in [0.1, 0.15) is 29.1 Å². The molecule has 6 nitrogen and oxygen atoms in total. The third kappa shape index (κ3) is 5.51. The predicted molar refractivity (Wildman–Crippen MR) is 108 cm³/mol. The number of halogens is 4. The van der Waals surface area contributed by atoms with Crippen molar-refractivity contribution < 1.29 is 31.8 Å². The first kappa shape index (κ1) is 21.9. The van der Waals surface area contributed by atoms with Crippen LogP contribution in [0.2, 0.25) is 0 Å². The van der Waals surface area contributed by atoms with Gasteiger partial charge in [0, 0.05) is 30.7 Å². The molecule has 0 aliphatic carbocycles. The van der Waals surface area contributed by atoms with Gasteiger partial charge in [-0.2, -0.15) is 13.2 Å². The summed E-state index contributed by atoms with van der Waals surface area (Å²) >= 11 is 0.438. The maximum absolute atomic E-state index is 14.5. The van der Waals surface area contributed by atoms with E-state index in [1.54, 1.807) is 0 Å². The van der Waals surface area contributed by atoms with Crippen LogP contribution in [0.3, 0.4) is 0 Å². The molecular formula is C20H21F4N3O3S. The van der Waals surface area contributed by atoms with Gasteiger partial charge in [0.2, 0.25) is 11.8 Å². The number of nitrogens with one attached hydrogen (secondary N) is 1. The van der Waals surface area contributed by atoms with E-state index in [0.29, 0.717) is 11.9 Å². The molecule has 2 fully saturated rings. The standard InChI is InChI=1S/C20H21F4N3O3S/c1-28-19-16(27-31-10-20(22,23)24)6-11(9-25-19)18-15(21)4-5-17(26-18)30-14-7-12-2-3-13(8-14)29-12/h4-6,9,12-14,27H,2-3,7-8,10H2,1H3/t12-,13+,14?. The van der Waals surface area contributed by atoms with Gasteiger partial charge in [-0.1, -0.05) is 0 Å². The smallest absolute Gasteiger partial charge is 0.399 e. The average Bonchev–Trinajstić information content (AvgIpc) is 3.06. The van der Waals surface area contributed by atoms with E-state index < -0.39 is 17.7 Å². The number of alkyl halides is 3. The second-order valence-corrected chi connectivity index (χ2v) is 8.22. The highest BCUT2D eigenvalue weighted by Crippen LogP contribution is 2.35. The van der Waals surface area contributed by atoms with Crippen LogP contribution < -0.4 is 14.2 Å². The van der Waals surface area contributed by atoms with E-state index in [0.717, 1.165) is 25.7 Å². The number of ether oxygens (including phenoxy) is 3. The van der Waals surface area contributed by atoms with Crippen molar-refractivity contribution in [2.24, 2.45) is 0 Å². The summed E-state index contributed by atoms with van der Waals surface area (Å²) in [7, 11) is 1.34. The first-order chi connectivity index (χ1) is 14.8. The Balaban J connectivity index is 1.52. The lowest BCUT2D eigenvalue weighted by Crippen LogP contribution is -2.32. The van der Waals surface area contributed by atoms with E-state index in [9.17, 15) is 17.6 Å². The molecule has 1 unspecified atom stereocenters. The molecular weight excluding hydrogens is 438 g/mol. The fraction of sp³-hybridized carbons (Fsp3) is 0.500. The Morgan fingerprint density at radius 3 is 2.65 bits per heavy atom. The first-order valence-corrected chi connectivity index (χ1v) is 10.8. The van der Waals surface area contributed by atoms with Crippen molar-refractivity contribution in [1.29, 1.82) is 0 Å². The molecule has 0 radical (unpaired) electrons. The van der Waals surface area contributed by atoms with Gasteiger partial charge >= 0.3 is 6.18 Å². The minimum Gasteiger partial charge on any atom is -0.480 e. The maximum atomic E-state index is 14.5. The molecule has 4 rings (SSSR count). The lowest BCUT2D eigenvalue weighted by atomic mass is 10.1. The Hall–Kier alpha value is -2.27. The zero-order valence-electron chi connectivity index (χ0n) is 16.6. The van der Waals surface area contributed by atoms with E-state index in [1.807, 2.05) is 0 Å². The summed E-state index contributed by atoms with van der Waals surface area (Å²) in [5.74, 6) is -1.34. The Bertz CT molecular complexity index is 919. The van der Waals surface area contributed by atoms with Gasteiger partial charge in [-0.3, -0.25) is 0 Å². The van der Waals surface area contributed by atoms with E-state index in [-0.39, 0.29) is 47.0 Å². The molecule has 168 valence electrons. The van der Waals surface area contributed by atoms with Gasteiger partial charge in [0.05, 0.1) is 19.3 Å². The molecule has 11 heteroatoms. The second kappa shape index (κ2) is 9.07. The summed E-state index contributed by atoms with van der Waals surface area (Å²) < 4.78 is 71.3. The normalized spacial score (nSPS) is 22.9. The van der Waals surface area contributed by atoms with Gasteiger partial charge in [0.15, 0.2) is 0 Å². The lowest BCUT2D eigenvalue weighted by molar-refractivity contribution is -0.105. The molecule has 31 heavy (non-hydrogen) atoms. The van der Waals surface area contributed by atoms with E-state index >= 15 is 0 Å². The van der Waals surface area contributed by atoms with Crippen molar-refractivity contribution in [1.82, 2.24) is 9.97 Å². The highest BCUT2D eigenvalue weighted by Gasteiger charge is 2.36. The van der Waals surface area contributed by atoms with Crippen molar-refractivity contribution in [3.05, 3.63) is 30.2 Å². The molecule has 2 bridgehead atoms. The zero-order chi connectivity index (χ0) is 22.0. The quantitative estimate of drug-likeness (QED) is 0.462. The molecule has 1 N–H and O–H groups in total. The molecule has 0 spiro atoms. The number of nitrogens with zero attached hydrogens (tertiary/aromatic N) is 2. The van der Waals surface area contributed by atoms with Crippen molar-refractivity contribution in [3.8, 4) is 23.0 Å². The van der Waals surface area contributed by atoms with Crippen molar-refractivity contribution in [2.45, 2.75) is 50.2 Å². The molecule has 2 aromatic rings. The van der Waals surface area contributed by atoms with E-state index in [1.165, 1.54) is 31.5 Å². The largest absolute Gasteiger partial charge is 0.480 e. The van der Waals surface area contributed by atoms with Crippen LogP contribution in [-0.2, 0) is 4.74 Å². The van der Waals surface area contributed by atoms with Gasteiger partial charge < -0.3 is 18.9 Å². The molecule has 0 amide bonds. The fourth-order valence-corrected chi connectivity index (χ4v) is 4.32. The van der Waals surface area contributed by atoms with Crippen LogP contribution in [-0.4, -0.2) is 47.3 Å². The lowest BCUT2D eigenvalue weighted by Gasteiger charge is -2.28. The monoisotopic (exact) mass is 459 g/mol. The Kier molecular flexibility index (Phi) is 6.42. The van der Waals surface area contributed by atoms with E-state index in [4.69, 9.17) is 14.2 Å². The molecule has 0 aromatic carbocycles. The Labute approximate surface area is 180 Å². The molecule has 4 heterocycles. The van der Waals surface area contributed by atoms with Gasteiger partial charge in [-0.25, -0.2) is 14.4 Å². The van der Waals surface area contributed by atoms with E-state index in [2.05, 4.69) is 14.7 Å². The van der Waals surface area contributed by atoms with Crippen molar-refractivity contribution >= 4 is 17.6 Å². The number of rotatable bonds is 7. The minimum absolute atomic E-state index is 0.00782. The summed E-state index contributed by atoms with van der Waals surface area (Å²) in [6, 6.07) is 4.16. The van der Waals surface area contributed by atoms with Crippen LogP contribution in [0.25, 0.3) is 11.3 Å². The van der Waals surface area contributed by atoms with Crippen LogP contribution in [0, 0.1) is 5.82 Å². The van der Waals surface area contributed by atoms with Crippen LogP contribution >= 0.6 is 11.9 Å². The van der Waals surface area contributed by atoms with Crippen molar-refractivity contribution in [3.63, 3.8) is 0 Å². The number of fused-ring (bicyclic) bond motifs is 2. The summed E-state index contributed by atoms with van der Waals surface area (Å²) in [5.41, 5.74) is 0.459. The number of aromatic nitrogens is 2. The number of hydrogen-bond acceptors (Lipinski definition) is 7. The number of hydrogen-bond donors (Lipinski definition) is 1. The molecule has 2 aliphatic heterocycles. The second-order valence-electron chi connectivity index (χ2n) is 7.44. The summed E-state index contributed by atoms with van der Waals surface area (Å²) in [6.07, 6.45) is 0.912. The van der Waals surface area contributed by atoms with Crippen LogP contribution in [0.5, 0.6) is 11.8 Å². The molecule has 0 saturated carbocycles. The van der Waals surface area contributed by atoms with Crippen LogP contribution in [0.15, 0.2) is 24.4 Å². The number of pyridine rings is 2. The van der Waals surface area contributed by atoms with Gasteiger partial charge in [0.25, 0.3) is 0 Å². The fourth-order valence-electron chi connectivity index (χ4n) is 3.78. The maximum Gasteiger partial charge on any atom is 0.399 e. The summed E-state index contributed by atoms with van der Waals surface area (Å²) in [5, 5.41) is 0. The zero-order valence-corrected chi connectivity index (χ0v) is 17.4. The third-order valence-corrected chi connectivity index (χ3v) is 5.93. The third-order valence-electron chi connectivity index (χ3n) is 5.09. The van der Waals surface area contributed by atoms with Crippen LogP contribution in [0.4, 0.5) is 23.2 Å². The highest BCUT2D eigenvalue weighted by atomic mass is 32.2. The summed E-state index contributed by atoms with van der Waals surface area (Å²) in [4.78, 5) is 8.35.